The molecular formula is C14H16F3N3O. The van der Waals surface area contributed by atoms with Gasteiger partial charge in [-0.15, -0.1) is 13.2 Å². The molecule has 0 bridgehead atoms. The van der Waals surface area contributed by atoms with Crippen LogP contribution in [0.1, 0.15) is 20.8 Å². The zero-order valence-electron chi connectivity index (χ0n) is 11.9. The Hall–Kier alpha value is -2.18. The number of ether oxygens (including phenoxy) is 1. The molecule has 2 N–H and O–H groups in total. The molecule has 1 aromatic heterocycles. The second-order valence-corrected chi connectivity index (χ2v) is 5.62. The predicted octanol–water partition coefficient (Wildman–Crippen LogP) is 3.79. The minimum atomic E-state index is -4.70. The standard InChI is InChI=1S/C14H16F3N3O/c1-13(2,3)20-8-11(18)12(19-20)9-4-6-10(7-5-9)21-14(15,16)17/h4-8H,18H2,1-3H3. The van der Waals surface area contributed by atoms with Gasteiger partial charge in [-0.3, -0.25) is 4.68 Å². The maximum Gasteiger partial charge on any atom is 0.573 e. The summed E-state index contributed by atoms with van der Waals surface area (Å²) in [7, 11) is 0. The zero-order chi connectivity index (χ0) is 15.8. The monoisotopic (exact) mass is 299 g/mol. The van der Waals surface area contributed by atoms with Crippen molar-refractivity contribution >= 4 is 5.69 Å². The van der Waals surface area contributed by atoms with Crippen molar-refractivity contribution in [1.82, 2.24) is 9.78 Å². The lowest BCUT2D eigenvalue weighted by Crippen LogP contribution is -2.22. The third-order valence-corrected chi connectivity index (χ3v) is 2.79. The van der Waals surface area contributed by atoms with E-state index in [4.69, 9.17) is 5.73 Å². The van der Waals surface area contributed by atoms with Gasteiger partial charge in [0.2, 0.25) is 0 Å². The summed E-state index contributed by atoms with van der Waals surface area (Å²) in [5, 5.41) is 4.38. The number of hydrogen-bond acceptors (Lipinski definition) is 3. The van der Waals surface area contributed by atoms with Gasteiger partial charge in [-0.1, -0.05) is 0 Å². The molecule has 21 heavy (non-hydrogen) atoms. The van der Waals surface area contributed by atoms with Crippen molar-refractivity contribution in [3.63, 3.8) is 0 Å². The molecule has 0 spiro atoms. The van der Waals surface area contributed by atoms with Crippen molar-refractivity contribution in [3.05, 3.63) is 30.5 Å². The van der Waals surface area contributed by atoms with Crippen LogP contribution in [-0.4, -0.2) is 16.1 Å². The maximum absolute atomic E-state index is 12.1. The first-order valence-electron chi connectivity index (χ1n) is 6.28. The van der Waals surface area contributed by atoms with E-state index in [2.05, 4.69) is 9.84 Å². The van der Waals surface area contributed by atoms with Crippen molar-refractivity contribution in [2.45, 2.75) is 32.7 Å². The number of hydrogen-bond donors (Lipinski definition) is 1. The molecule has 0 saturated carbocycles. The molecule has 0 unspecified atom stereocenters. The van der Waals surface area contributed by atoms with E-state index in [-0.39, 0.29) is 11.3 Å². The predicted molar refractivity (Wildman–Crippen MR) is 73.8 cm³/mol. The molecular weight excluding hydrogens is 283 g/mol. The fourth-order valence-electron chi connectivity index (χ4n) is 1.77. The summed E-state index contributed by atoms with van der Waals surface area (Å²) in [6.45, 7) is 5.93. The van der Waals surface area contributed by atoms with Crippen molar-refractivity contribution in [3.8, 4) is 17.0 Å². The van der Waals surface area contributed by atoms with E-state index >= 15 is 0 Å². The smallest absolute Gasteiger partial charge is 0.406 e. The number of benzene rings is 1. The first kappa shape index (κ1) is 15.2. The first-order chi connectivity index (χ1) is 9.56. The molecule has 0 radical (unpaired) electrons. The summed E-state index contributed by atoms with van der Waals surface area (Å²) in [5.74, 6) is -0.278. The van der Waals surface area contributed by atoms with Crippen LogP contribution in [-0.2, 0) is 5.54 Å². The second-order valence-electron chi connectivity index (χ2n) is 5.62. The SMILES string of the molecule is CC(C)(C)n1cc(N)c(-c2ccc(OC(F)(F)F)cc2)n1. The maximum atomic E-state index is 12.1. The summed E-state index contributed by atoms with van der Waals surface area (Å²) in [6, 6.07) is 5.45. The molecule has 2 rings (SSSR count). The Morgan fingerprint density at radius 3 is 2.10 bits per heavy atom. The van der Waals surface area contributed by atoms with Crippen LogP contribution < -0.4 is 10.5 Å². The third kappa shape index (κ3) is 3.68. The Morgan fingerprint density at radius 1 is 1.10 bits per heavy atom. The minimum absolute atomic E-state index is 0.230. The van der Waals surface area contributed by atoms with Crippen molar-refractivity contribution in [1.29, 1.82) is 0 Å². The molecule has 0 saturated heterocycles. The lowest BCUT2D eigenvalue weighted by Gasteiger charge is -2.18. The Balaban J connectivity index is 2.29. The Labute approximate surface area is 120 Å². The summed E-state index contributed by atoms with van der Waals surface area (Å²) in [4.78, 5) is 0. The Bertz CT molecular complexity index is 624. The topological polar surface area (TPSA) is 53.1 Å². The largest absolute Gasteiger partial charge is 0.573 e. The van der Waals surface area contributed by atoms with Crippen LogP contribution in [0.2, 0.25) is 0 Å². The first-order valence-corrected chi connectivity index (χ1v) is 6.28. The van der Waals surface area contributed by atoms with Gasteiger partial charge in [-0.05, 0) is 45.0 Å². The number of anilines is 1. The molecule has 0 aliphatic rings. The molecule has 0 fully saturated rings. The number of nitrogens with zero attached hydrogens (tertiary/aromatic N) is 2. The van der Waals surface area contributed by atoms with Crippen LogP contribution in [0.4, 0.5) is 18.9 Å². The van der Waals surface area contributed by atoms with Gasteiger partial charge in [0.1, 0.15) is 11.4 Å². The lowest BCUT2D eigenvalue weighted by molar-refractivity contribution is -0.274. The van der Waals surface area contributed by atoms with Crippen molar-refractivity contribution in [2.75, 3.05) is 5.73 Å². The Kier molecular flexibility index (Phi) is 3.61. The van der Waals surface area contributed by atoms with Crippen LogP contribution >= 0.6 is 0 Å². The zero-order valence-corrected chi connectivity index (χ0v) is 11.9. The Morgan fingerprint density at radius 2 is 1.67 bits per heavy atom. The summed E-state index contributed by atoms with van der Waals surface area (Å²) >= 11 is 0. The van der Waals surface area contributed by atoms with Crippen LogP contribution in [0.15, 0.2) is 30.5 Å². The van der Waals surface area contributed by atoms with Crippen molar-refractivity contribution in [2.24, 2.45) is 0 Å². The number of nitrogen functional groups attached to an aromatic ring is 1. The fraction of sp³-hybridized carbons (Fsp3) is 0.357. The number of halogens is 3. The average Bonchev–Trinajstić information content (AvgIpc) is 2.70. The summed E-state index contributed by atoms with van der Waals surface area (Å²) < 4.78 is 41.9. The quantitative estimate of drug-likeness (QED) is 0.918. The van der Waals surface area contributed by atoms with Crippen LogP contribution in [0.3, 0.4) is 0 Å². The molecule has 1 heterocycles. The van der Waals surface area contributed by atoms with Gasteiger partial charge in [-0.2, -0.15) is 5.10 Å². The average molecular weight is 299 g/mol. The van der Waals surface area contributed by atoms with Gasteiger partial charge in [0.05, 0.1) is 11.2 Å². The van der Waals surface area contributed by atoms with Gasteiger partial charge in [0.15, 0.2) is 0 Å². The highest BCUT2D eigenvalue weighted by Gasteiger charge is 2.31. The van der Waals surface area contributed by atoms with Gasteiger partial charge in [-0.25, -0.2) is 0 Å². The molecule has 1 aromatic carbocycles. The van der Waals surface area contributed by atoms with Crippen molar-refractivity contribution < 1.29 is 17.9 Å². The molecule has 0 aliphatic carbocycles. The van der Waals surface area contributed by atoms with Gasteiger partial charge >= 0.3 is 6.36 Å². The normalized spacial score (nSPS) is 12.5. The fourth-order valence-corrected chi connectivity index (χ4v) is 1.77. The molecule has 2 aromatic rings. The van der Waals surface area contributed by atoms with Crippen LogP contribution in [0, 0.1) is 0 Å². The molecule has 7 heteroatoms. The molecule has 114 valence electrons. The van der Waals surface area contributed by atoms with Gasteiger partial charge in [0, 0.05) is 11.8 Å². The van der Waals surface area contributed by atoms with Gasteiger partial charge < -0.3 is 10.5 Å². The summed E-state index contributed by atoms with van der Waals surface area (Å²) in [6.07, 6.45) is -3.00. The van der Waals surface area contributed by atoms with Crippen LogP contribution in [0.25, 0.3) is 11.3 Å². The highest BCUT2D eigenvalue weighted by Crippen LogP contribution is 2.29. The number of alkyl halides is 3. The molecule has 0 atom stereocenters. The van der Waals surface area contributed by atoms with E-state index in [1.54, 1.807) is 10.9 Å². The van der Waals surface area contributed by atoms with E-state index in [9.17, 15) is 13.2 Å². The second kappa shape index (κ2) is 4.98. The van der Waals surface area contributed by atoms with E-state index in [1.807, 2.05) is 20.8 Å². The summed E-state index contributed by atoms with van der Waals surface area (Å²) in [5.41, 5.74) is 7.31. The molecule has 0 aliphatic heterocycles. The lowest BCUT2D eigenvalue weighted by atomic mass is 10.1. The minimum Gasteiger partial charge on any atom is -0.406 e. The molecule has 0 amide bonds. The van der Waals surface area contributed by atoms with Gasteiger partial charge in [0.25, 0.3) is 0 Å². The number of nitrogens with two attached hydrogens (primary N) is 1. The molecule has 4 nitrogen and oxygen atoms in total. The highest BCUT2D eigenvalue weighted by molar-refractivity contribution is 5.72. The van der Waals surface area contributed by atoms with E-state index in [0.717, 1.165) is 0 Å². The van der Waals surface area contributed by atoms with E-state index in [1.165, 1.54) is 24.3 Å². The number of aromatic nitrogens is 2. The highest BCUT2D eigenvalue weighted by atomic mass is 19.4. The third-order valence-electron chi connectivity index (χ3n) is 2.79. The van der Waals surface area contributed by atoms with Crippen LogP contribution in [0.5, 0.6) is 5.75 Å². The number of rotatable bonds is 2. The van der Waals surface area contributed by atoms with E-state index in [0.29, 0.717) is 16.9 Å². The van der Waals surface area contributed by atoms with E-state index < -0.39 is 6.36 Å².